The van der Waals surface area contributed by atoms with E-state index in [1.165, 1.54) is 12.8 Å². The number of rotatable bonds is 5. The van der Waals surface area contributed by atoms with Crippen LogP contribution in [-0.4, -0.2) is 43.7 Å². The molecule has 18 heavy (non-hydrogen) atoms. The molecule has 0 atom stereocenters. The molecular weight excluding hydrogens is 226 g/mol. The molecule has 1 aromatic heterocycles. The molecule has 0 radical (unpaired) electrons. The Kier molecular flexibility index (Phi) is 4.96. The van der Waals surface area contributed by atoms with Gasteiger partial charge in [0.1, 0.15) is 5.82 Å². The lowest BCUT2D eigenvalue weighted by molar-refractivity contribution is 0.0548. The average Bonchev–Trinajstić information content (AvgIpc) is 2.40. The fourth-order valence-electron chi connectivity index (χ4n) is 2.42. The third-order valence-corrected chi connectivity index (χ3v) is 3.41. The fraction of sp³-hybridized carbons (Fsp3) is 0.643. The van der Waals surface area contributed by atoms with Gasteiger partial charge in [-0.2, -0.15) is 0 Å². The first kappa shape index (κ1) is 13.3. The summed E-state index contributed by atoms with van der Waals surface area (Å²) in [5.41, 5.74) is 1.12. The average molecular weight is 249 g/mol. The summed E-state index contributed by atoms with van der Waals surface area (Å²) in [6, 6.07) is 6.12. The molecule has 0 amide bonds. The maximum atomic E-state index is 5.39. The lowest BCUT2D eigenvalue weighted by atomic mass is 10.00. The summed E-state index contributed by atoms with van der Waals surface area (Å²) in [6.07, 6.45) is 2.38. The van der Waals surface area contributed by atoms with Crippen LogP contribution in [-0.2, 0) is 11.3 Å². The van der Waals surface area contributed by atoms with Crippen molar-refractivity contribution in [1.82, 2.24) is 9.88 Å². The zero-order chi connectivity index (χ0) is 12.8. The molecule has 0 unspecified atom stereocenters. The fourth-order valence-corrected chi connectivity index (χ4v) is 2.42. The second-order valence-electron chi connectivity index (χ2n) is 5.02. The van der Waals surface area contributed by atoms with E-state index in [2.05, 4.69) is 34.4 Å². The third-order valence-electron chi connectivity index (χ3n) is 3.41. The van der Waals surface area contributed by atoms with E-state index in [0.717, 1.165) is 43.7 Å². The molecule has 0 spiro atoms. The number of hydrogen-bond acceptors (Lipinski definition) is 4. The number of pyridine rings is 1. The van der Waals surface area contributed by atoms with Crippen molar-refractivity contribution in [2.75, 3.05) is 39.2 Å². The van der Waals surface area contributed by atoms with Crippen LogP contribution in [0.2, 0.25) is 0 Å². The van der Waals surface area contributed by atoms with Crippen LogP contribution in [0.25, 0.3) is 0 Å². The topological polar surface area (TPSA) is 37.4 Å². The third kappa shape index (κ3) is 3.96. The van der Waals surface area contributed by atoms with Crippen molar-refractivity contribution >= 4 is 5.82 Å². The van der Waals surface area contributed by atoms with E-state index in [1.807, 2.05) is 13.1 Å². The van der Waals surface area contributed by atoms with Gasteiger partial charge in [0.25, 0.3) is 0 Å². The molecule has 0 aliphatic carbocycles. The van der Waals surface area contributed by atoms with E-state index in [-0.39, 0.29) is 0 Å². The van der Waals surface area contributed by atoms with Crippen LogP contribution in [0.5, 0.6) is 0 Å². The van der Waals surface area contributed by atoms with Gasteiger partial charge in [0, 0.05) is 33.4 Å². The van der Waals surface area contributed by atoms with E-state index in [1.54, 1.807) is 0 Å². The normalized spacial score (nSPS) is 17.1. The zero-order valence-electron chi connectivity index (χ0n) is 11.4. The number of hydrogen-bond donors (Lipinski definition) is 1. The minimum Gasteiger partial charge on any atom is -0.381 e. The van der Waals surface area contributed by atoms with Gasteiger partial charge >= 0.3 is 0 Å². The molecular formula is C14H23N3O. The van der Waals surface area contributed by atoms with Crippen LogP contribution < -0.4 is 5.32 Å². The molecule has 0 saturated carbocycles. The van der Waals surface area contributed by atoms with E-state index < -0.39 is 0 Å². The minimum atomic E-state index is 0.774. The van der Waals surface area contributed by atoms with E-state index in [4.69, 9.17) is 4.74 Å². The summed E-state index contributed by atoms with van der Waals surface area (Å²) in [4.78, 5) is 6.91. The highest BCUT2D eigenvalue weighted by molar-refractivity contribution is 5.34. The smallest absolute Gasteiger partial charge is 0.126 e. The van der Waals surface area contributed by atoms with Crippen LogP contribution >= 0.6 is 0 Å². The summed E-state index contributed by atoms with van der Waals surface area (Å²) >= 11 is 0. The van der Waals surface area contributed by atoms with Crippen LogP contribution in [0.3, 0.4) is 0 Å². The number of ether oxygens (including phenoxy) is 1. The summed E-state index contributed by atoms with van der Waals surface area (Å²) in [5.74, 6) is 1.71. The van der Waals surface area contributed by atoms with Crippen molar-refractivity contribution in [2.45, 2.75) is 19.4 Å². The first-order valence-corrected chi connectivity index (χ1v) is 6.68. The highest BCUT2D eigenvalue weighted by atomic mass is 16.5. The molecule has 1 fully saturated rings. The van der Waals surface area contributed by atoms with Crippen LogP contribution in [0.4, 0.5) is 5.82 Å². The van der Waals surface area contributed by atoms with Crippen LogP contribution in [0.15, 0.2) is 18.2 Å². The summed E-state index contributed by atoms with van der Waals surface area (Å²) in [6.45, 7) is 3.89. The Hall–Kier alpha value is -1.13. The standard InChI is InChI=1S/C14H23N3O/c1-15-14-5-3-4-13(16-14)11-17(2)10-12-6-8-18-9-7-12/h3-5,12H,6-11H2,1-2H3,(H,15,16). The molecule has 4 nitrogen and oxygen atoms in total. The Morgan fingerprint density at radius 3 is 2.89 bits per heavy atom. The molecule has 2 rings (SSSR count). The number of nitrogens with one attached hydrogen (secondary N) is 1. The maximum Gasteiger partial charge on any atom is 0.126 e. The predicted molar refractivity (Wildman–Crippen MR) is 73.7 cm³/mol. The lowest BCUT2D eigenvalue weighted by Gasteiger charge is -2.26. The largest absolute Gasteiger partial charge is 0.381 e. The molecule has 4 heteroatoms. The molecule has 1 N–H and O–H groups in total. The molecule has 1 aliphatic heterocycles. The summed E-state index contributed by atoms with van der Waals surface area (Å²) in [7, 11) is 4.07. The molecule has 0 bridgehead atoms. The van der Waals surface area contributed by atoms with Gasteiger partial charge < -0.3 is 15.0 Å². The van der Waals surface area contributed by atoms with E-state index >= 15 is 0 Å². The van der Waals surface area contributed by atoms with Gasteiger partial charge in [0.05, 0.1) is 5.69 Å². The van der Waals surface area contributed by atoms with Gasteiger partial charge in [-0.25, -0.2) is 4.98 Å². The number of nitrogens with zero attached hydrogens (tertiary/aromatic N) is 2. The van der Waals surface area contributed by atoms with Crippen molar-refractivity contribution < 1.29 is 4.74 Å². The molecule has 1 saturated heterocycles. The van der Waals surface area contributed by atoms with E-state index in [9.17, 15) is 0 Å². The Morgan fingerprint density at radius 1 is 1.39 bits per heavy atom. The van der Waals surface area contributed by atoms with Gasteiger partial charge in [-0.15, -0.1) is 0 Å². The molecule has 1 aliphatic rings. The molecule has 1 aromatic rings. The minimum absolute atomic E-state index is 0.774. The Balaban J connectivity index is 1.83. The van der Waals surface area contributed by atoms with Gasteiger partial charge in [0.2, 0.25) is 0 Å². The van der Waals surface area contributed by atoms with Crippen molar-refractivity contribution in [3.8, 4) is 0 Å². The summed E-state index contributed by atoms with van der Waals surface area (Å²) in [5, 5.41) is 3.08. The monoisotopic (exact) mass is 249 g/mol. The van der Waals surface area contributed by atoms with Crippen molar-refractivity contribution in [3.05, 3.63) is 23.9 Å². The van der Waals surface area contributed by atoms with E-state index in [0.29, 0.717) is 0 Å². The van der Waals surface area contributed by atoms with Gasteiger partial charge in [-0.05, 0) is 37.9 Å². The van der Waals surface area contributed by atoms with Crippen molar-refractivity contribution in [2.24, 2.45) is 5.92 Å². The lowest BCUT2D eigenvalue weighted by Crippen LogP contribution is -2.29. The van der Waals surface area contributed by atoms with Crippen LogP contribution in [0, 0.1) is 5.92 Å². The first-order valence-electron chi connectivity index (χ1n) is 6.68. The number of anilines is 1. The Labute approximate surface area is 109 Å². The van der Waals surface area contributed by atoms with Crippen LogP contribution in [0.1, 0.15) is 18.5 Å². The first-order chi connectivity index (χ1) is 8.78. The second kappa shape index (κ2) is 6.71. The number of aromatic nitrogens is 1. The van der Waals surface area contributed by atoms with Gasteiger partial charge in [0.15, 0.2) is 0 Å². The maximum absolute atomic E-state index is 5.39. The molecule has 100 valence electrons. The zero-order valence-corrected chi connectivity index (χ0v) is 11.4. The quantitative estimate of drug-likeness (QED) is 0.866. The Morgan fingerprint density at radius 2 is 2.17 bits per heavy atom. The van der Waals surface area contributed by atoms with Crippen molar-refractivity contribution in [1.29, 1.82) is 0 Å². The molecule has 0 aromatic carbocycles. The van der Waals surface area contributed by atoms with Gasteiger partial charge in [-0.1, -0.05) is 6.07 Å². The second-order valence-corrected chi connectivity index (χ2v) is 5.02. The Bertz CT molecular complexity index is 364. The highest BCUT2D eigenvalue weighted by Gasteiger charge is 2.15. The molecule has 2 heterocycles. The van der Waals surface area contributed by atoms with Crippen molar-refractivity contribution in [3.63, 3.8) is 0 Å². The predicted octanol–water partition coefficient (Wildman–Crippen LogP) is 1.98. The summed E-state index contributed by atoms with van der Waals surface area (Å²) < 4.78 is 5.39. The highest BCUT2D eigenvalue weighted by Crippen LogP contribution is 2.16. The van der Waals surface area contributed by atoms with Gasteiger partial charge in [-0.3, -0.25) is 0 Å². The SMILES string of the molecule is CNc1cccc(CN(C)CC2CCOCC2)n1.